The van der Waals surface area contributed by atoms with Crippen molar-refractivity contribution in [1.82, 2.24) is 0 Å². The lowest BCUT2D eigenvalue weighted by Crippen LogP contribution is -2.21. The van der Waals surface area contributed by atoms with E-state index >= 15 is 0 Å². The third-order valence-electron chi connectivity index (χ3n) is 2.95. The first-order chi connectivity index (χ1) is 11.5. The number of halogens is 1. The number of anilines is 1. The van der Waals surface area contributed by atoms with Crippen molar-refractivity contribution in [2.75, 3.05) is 11.9 Å². The number of benzene rings is 1. The Morgan fingerprint density at radius 1 is 1.33 bits per heavy atom. The van der Waals surface area contributed by atoms with Crippen molar-refractivity contribution in [1.29, 1.82) is 0 Å². The average molecular weight is 353 g/mol. The molecule has 24 heavy (non-hydrogen) atoms. The largest absolute Gasteiger partial charge is 0.469 e. The Hall–Kier alpha value is -2.87. The van der Waals surface area contributed by atoms with E-state index in [9.17, 15) is 19.7 Å². The van der Waals surface area contributed by atoms with E-state index in [0.29, 0.717) is 12.2 Å². The van der Waals surface area contributed by atoms with E-state index in [2.05, 4.69) is 5.32 Å². The summed E-state index contributed by atoms with van der Waals surface area (Å²) in [5.74, 6) is -0.522. The number of carbonyl (C=O) groups excluding carboxylic acids is 2. The zero-order valence-electron chi connectivity index (χ0n) is 12.4. The molecular weight excluding hydrogens is 340 g/mol. The van der Waals surface area contributed by atoms with Crippen LogP contribution in [0.3, 0.4) is 0 Å². The van der Waals surface area contributed by atoms with E-state index in [1.807, 2.05) is 0 Å². The topological polar surface area (TPSA) is 112 Å². The molecule has 2 rings (SSSR count). The van der Waals surface area contributed by atoms with E-state index in [1.54, 1.807) is 12.1 Å². The van der Waals surface area contributed by atoms with Crippen LogP contribution in [0.2, 0.25) is 5.02 Å². The summed E-state index contributed by atoms with van der Waals surface area (Å²) in [6.45, 7) is -0.493. The predicted octanol–water partition coefficient (Wildman–Crippen LogP) is 2.96. The summed E-state index contributed by atoms with van der Waals surface area (Å²) in [5, 5.41) is 13.1. The van der Waals surface area contributed by atoms with Gasteiger partial charge in [-0.2, -0.15) is 0 Å². The maximum Gasteiger partial charge on any atom is 0.306 e. The van der Waals surface area contributed by atoms with Gasteiger partial charge in [0.1, 0.15) is 10.8 Å². The number of nitrogens with one attached hydrogen (secondary N) is 1. The highest BCUT2D eigenvalue weighted by Crippen LogP contribution is 2.27. The zero-order valence-corrected chi connectivity index (χ0v) is 13.1. The van der Waals surface area contributed by atoms with E-state index in [-0.39, 0.29) is 22.8 Å². The number of hydrogen-bond acceptors (Lipinski definition) is 6. The van der Waals surface area contributed by atoms with Gasteiger partial charge in [-0.05, 0) is 24.3 Å². The fourth-order valence-corrected chi connectivity index (χ4v) is 2.01. The second kappa shape index (κ2) is 8.11. The quantitative estimate of drug-likeness (QED) is 0.465. The summed E-state index contributed by atoms with van der Waals surface area (Å²) in [4.78, 5) is 33.4. The lowest BCUT2D eigenvalue weighted by atomic mass is 10.2. The predicted molar refractivity (Wildman–Crippen MR) is 84.7 cm³/mol. The minimum Gasteiger partial charge on any atom is -0.469 e. The van der Waals surface area contributed by atoms with Crippen LogP contribution in [0.4, 0.5) is 11.4 Å². The molecule has 126 valence electrons. The van der Waals surface area contributed by atoms with Crippen LogP contribution >= 0.6 is 11.6 Å². The molecule has 1 aromatic carbocycles. The van der Waals surface area contributed by atoms with Gasteiger partial charge in [0.25, 0.3) is 11.6 Å². The molecule has 0 aliphatic rings. The highest BCUT2D eigenvalue weighted by molar-refractivity contribution is 6.32. The number of esters is 1. The minimum atomic E-state index is -0.660. The Bertz CT molecular complexity index is 744. The molecule has 0 saturated heterocycles. The van der Waals surface area contributed by atoms with Gasteiger partial charge in [0.15, 0.2) is 6.61 Å². The second-order valence-corrected chi connectivity index (χ2v) is 5.12. The maximum atomic E-state index is 11.7. The Balaban J connectivity index is 1.79. The molecule has 0 saturated carbocycles. The number of nitro groups is 1. The third-order valence-corrected chi connectivity index (χ3v) is 3.27. The number of amides is 1. The minimum absolute atomic E-state index is 0.0395. The number of hydrogen-bond donors (Lipinski definition) is 1. The molecule has 1 amide bonds. The Kier molecular flexibility index (Phi) is 5.91. The average Bonchev–Trinajstić information content (AvgIpc) is 3.06. The monoisotopic (exact) mass is 352 g/mol. The lowest BCUT2D eigenvalue weighted by molar-refractivity contribution is -0.384. The van der Waals surface area contributed by atoms with Gasteiger partial charge >= 0.3 is 5.97 Å². The van der Waals surface area contributed by atoms with E-state index in [1.165, 1.54) is 18.4 Å². The van der Waals surface area contributed by atoms with Crippen LogP contribution < -0.4 is 5.32 Å². The molecule has 0 atom stereocenters. The van der Waals surface area contributed by atoms with E-state index in [0.717, 1.165) is 6.07 Å². The van der Waals surface area contributed by atoms with Crippen LogP contribution in [0.5, 0.6) is 0 Å². The second-order valence-electron chi connectivity index (χ2n) is 4.71. The van der Waals surface area contributed by atoms with Crippen molar-refractivity contribution in [3.05, 3.63) is 57.5 Å². The van der Waals surface area contributed by atoms with E-state index in [4.69, 9.17) is 20.8 Å². The standard InChI is InChI=1S/C15H13ClN2O6/c16-12-5-3-10(8-13(12)18(21)22)17-14(19)9-24-15(20)6-4-11-2-1-7-23-11/h1-3,5,7-8H,4,6,9H2,(H,17,19). The first kappa shape index (κ1) is 17.5. The fourth-order valence-electron chi connectivity index (χ4n) is 1.83. The summed E-state index contributed by atoms with van der Waals surface area (Å²) in [6, 6.07) is 7.27. The number of ether oxygens (including phenoxy) is 1. The van der Waals surface area contributed by atoms with Gasteiger partial charge in [0.2, 0.25) is 0 Å². The van der Waals surface area contributed by atoms with E-state index < -0.39 is 23.4 Å². The van der Waals surface area contributed by atoms with Crippen molar-refractivity contribution in [2.24, 2.45) is 0 Å². The van der Waals surface area contributed by atoms with Gasteiger partial charge in [-0.15, -0.1) is 0 Å². The molecule has 0 radical (unpaired) electrons. The Morgan fingerprint density at radius 2 is 2.12 bits per heavy atom. The maximum absolute atomic E-state index is 11.7. The normalized spacial score (nSPS) is 10.2. The summed E-state index contributed by atoms with van der Waals surface area (Å²) >= 11 is 5.68. The lowest BCUT2D eigenvalue weighted by Gasteiger charge is -2.07. The number of furan rings is 1. The van der Waals surface area contributed by atoms with Gasteiger partial charge < -0.3 is 14.5 Å². The Morgan fingerprint density at radius 3 is 2.79 bits per heavy atom. The summed E-state index contributed by atoms with van der Waals surface area (Å²) in [7, 11) is 0. The number of carbonyl (C=O) groups is 2. The highest BCUT2D eigenvalue weighted by atomic mass is 35.5. The van der Waals surface area contributed by atoms with Crippen molar-refractivity contribution < 1.29 is 23.7 Å². The molecule has 2 aromatic rings. The molecular formula is C15H13ClN2O6. The first-order valence-corrected chi connectivity index (χ1v) is 7.25. The van der Waals surface area contributed by atoms with Gasteiger partial charge in [-0.3, -0.25) is 19.7 Å². The molecule has 0 bridgehead atoms. The summed E-state index contributed by atoms with van der Waals surface area (Å²) in [6.07, 6.45) is 1.95. The fraction of sp³-hybridized carbons (Fsp3) is 0.200. The number of aryl methyl sites for hydroxylation is 1. The zero-order chi connectivity index (χ0) is 17.5. The highest BCUT2D eigenvalue weighted by Gasteiger charge is 2.14. The smallest absolute Gasteiger partial charge is 0.306 e. The van der Waals surface area contributed by atoms with Crippen molar-refractivity contribution in [3.8, 4) is 0 Å². The molecule has 0 fully saturated rings. The van der Waals surface area contributed by atoms with Crippen molar-refractivity contribution in [3.63, 3.8) is 0 Å². The van der Waals surface area contributed by atoms with Crippen molar-refractivity contribution in [2.45, 2.75) is 12.8 Å². The molecule has 0 aliphatic carbocycles. The third kappa shape index (κ3) is 5.10. The molecule has 1 N–H and O–H groups in total. The van der Waals surface area contributed by atoms with Crippen LogP contribution in [-0.4, -0.2) is 23.4 Å². The van der Waals surface area contributed by atoms with Gasteiger partial charge in [0, 0.05) is 18.2 Å². The van der Waals surface area contributed by atoms with Gasteiger partial charge in [0.05, 0.1) is 17.6 Å². The molecule has 0 aliphatic heterocycles. The molecule has 8 nitrogen and oxygen atoms in total. The molecule has 1 heterocycles. The Labute approximate surface area is 141 Å². The number of nitrogens with zero attached hydrogens (tertiary/aromatic N) is 1. The van der Waals surface area contributed by atoms with Crippen LogP contribution in [0.25, 0.3) is 0 Å². The van der Waals surface area contributed by atoms with Crippen LogP contribution in [0, 0.1) is 10.1 Å². The van der Waals surface area contributed by atoms with Crippen LogP contribution in [0.15, 0.2) is 41.0 Å². The number of nitro benzene ring substituents is 1. The van der Waals surface area contributed by atoms with Crippen LogP contribution in [-0.2, 0) is 20.7 Å². The SMILES string of the molecule is O=C(COC(=O)CCc1ccco1)Nc1ccc(Cl)c([N+](=O)[O-])c1. The molecule has 9 heteroatoms. The molecule has 1 aromatic heterocycles. The van der Waals surface area contributed by atoms with Gasteiger partial charge in [-0.25, -0.2) is 0 Å². The molecule has 0 unspecified atom stereocenters. The summed E-state index contributed by atoms with van der Waals surface area (Å²) < 4.78 is 9.90. The first-order valence-electron chi connectivity index (χ1n) is 6.87. The number of rotatable bonds is 7. The molecule has 0 spiro atoms. The van der Waals surface area contributed by atoms with Crippen LogP contribution in [0.1, 0.15) is 12.2 Å². The summed E-state index contributed by atoms with van der Waals surface area (Å²) in [5.41, 5.74) is -0.146. The van der Waals surface area contributed by atoms with Gasteiger partial charge in [-0.1, -0.05) is 11.6 Å². The van der Waals surface area contributed by atoms with Crippen molar-refractivity contribution >= 4 is 34.9 Å².